The number of halogens is 3. The van der Waals surface area contributed by atoms with E-state index in [-0.39, 0.29) is 24.2 Å². The first kappa shape index (κ1) is 24.2. The maximum atomic E-state index is 13.0. The lowest BCUT2D eigenvalue weighted by Crippen LogP contribution is -2.32. The summed E-state index contributed by atoms with van der Waals surface area (Å²) < 4.78 is 44.3. The Labute approximate surface area is 187 Å². The molecular formula is C24H30F3N3O2. The van der Waals surface area contributed by atoms with Crippen LogP contribution in [0.1, 0.15) is 49.4 Å². The molecule has 0 N–H and O–H groups in total. The van der Waals surface area contributed by atoms with Gasteiger partial charge >= 0.3 is 6.18 Å². The van der Waals surface area contributed by atoms with Crippen molar-refractivity contribution in [2.24, 2.45) is 11.3 Å². The molecule has 8 heteroatoms. The van der Waals surface area contributed by atoms with E-state index < -0.39 is 17.3 Å². The third-order valence-corrected chi connectivity index (χ3v) is 6.16. The van der Waals surface area contributed by atoms with E-state index in [1.165, 1.54) is 12.3 Å². The molecule has 1 saturated heterocycles. The molecule has 5 nitrogen and oxygen atoms in total. The fourth-order valence-electron chi connectivity index (χ4n) is 4.16. The number of nitrogens with zero attached hydrogens (tertiary/aromatic N) is 3. The standard InChI is InChI=1S/C24H30F3N3O2/c1-16-6-5-11-28-22(16)32-15-23(2,3)21(31)10-8-18-13-30(4)14-19(18)17-7-9-20(29-12-17)24(25,26)27/h5-7,9,11-12,18-19H,8,10,13-15H2,1-4H3/t18-,19+/m1/s1. The number of hydrogen-bond acceptors (Lipinski definition) is 5. The van der Waals surface area contributed by atoms with Gasteiger partial charge in [-0.05, 0) is 57.9 Å². The summed E-state index contributed by atoms with van der Waals surface area (Å²) in [7, 11) is 1.99. The SMILES string of the molecule is Cc1cccnc1OCC(C)(C)C(=O)CC[C@@H]1CN(C)C[C@H]1c1ccc(C(F)(F)F)nc1. The van der Waals surface area contributed by atoms with Gasteiger partial charge in [-0.2, -0.15) is 13.2 Å². The summed E-state index contributed by atoms with van der Waals surface area (Å²) in [5.74, 6) is 0.862. The monoisotopic (exact) mass is 449 g/mol. The van der Waals surface area contributed by atoms with E-state index in [0.717, 1.165) is 30.3 Å². The maximum Gasteiger partial charge on any atom is 0.433 e. The topological polar surface area (TPSA) is 55.3 Å². The first-order valence-electron chi connectivity index (χ1n) is 10.8. The summed E-state index contributed by atoms with van der Waals surface area (Å²) in [5, 5.41) is 0. The zero-order valence-electron chi connectivity index (χ0n) is 18.9. The molecule has 174 valence electrons. The Hall–Kier alpha value is -2.48. The van der Waals surface area contributed by atoms with Gasteiger partial charge in [0.15, 0.2) is 0 Å². The van der Waals surface area contributed by atoms with Crippen LogP contribution >= 0.6 is 0 Å². The smallest absolute Gasteiger partial charge is 0.433 e. The van der Waals surface area contributed by atoms with Crippen molar-refractivity contribution in [1.82, 2.24) is 14.9 Å². The third kappa shape index (κ3) is 5.85. The molecule has 32 heavy (non-hydrogen) atoms. The number of Topliss-reactive ketones (excluding diaryl/α,β-unsaturated/α-hetero) is 1. The van der Waals surface area contributed by atoms with Crippen LogP contribution in [0.3, 0.4) is 0 Å². The molecule has 0 amide bonds. The van der Waals surface area contributed by atoms with E-state index >= 15 is 0 Å². The van der Waals surface area contributed by atoms with Crippen molar-refractivity contribution < 1.29 is 22.7 Å². The second-order valence-electron chi connectivity index (χ2n) is 9.32. The van der Waals surface area contributed by atoms with Crippen LogP contribution < -0.4 is 4.74 Å². The summed E-state index contributed by atoms with van der Waals surface area (Å²) in [6.45, 7) is 7.40. The highest BCUT2D eigenvalue weighted by Gasteiger charge is 2.36. The van der Waals surface area contributed by atoms with Crippen molar-refractivity contribution in [3.8, 4) is 5.88 Å². The fraction of sp³-hybridized carbons (Fsp3) is 0.542. The minimum atomic E-state index is -4.45. The van der Waals surface area contributed by atoms with Crippen LogP contribution in [-0.2, 0) is 11.0 Å². The number of hydrogen-bond donors (Lipinski definition) is 0. The van der Waals surface area contributed by atoms with Crippen LogP contribution in [0.5, 0.6) is 5.88 Å². The molecule has 2 aromatic rings. The van der Waals surface area contributed by atoms with Gasteiger partial charge in [0.05, 0.1) is 5.41 Å². The van der Waals surface area contributed by atoms with Gasteiger partial charge in [-0.3, -0.25) is 9.78 Å². The Morgan fingerprint density at radius 2 is 1.94 bits per heavy atom. The molecule has 1 fully saturated rings. The average molecular weight is 450 g/mol. The Balaban J connectivity index is 1.60. The minimum Gasteiger partial charge on any atom is -0.476 e. The molecular weight excluding hydrogens is 419 g/mol. The lowest BCUT2D eigenvalue weighted by Gasteiger charge is -2.25. The number of carbonyl (C=O) groups excluding carboxylic acids is 1. The quantitative estimate of drug-likeness (QED) is 0.574. The van der Waals surface area contributed by atoms with E-state index in [1.807, 2.05) is 40.0 Å². The predicted octanol–water partition coefficient (Wildman–Crippen LogP) is 4.90. The Bertz CT molecular complexity index is 929. The molecule has 1 aliphatic heterocycles. The molecule has 0 unspecified atom stereocenters. The zero-order chi connectivity index (χ0) is 23.5. The van der Waals surface area contributed by atoms with Crippen LogP contribution in [0.25, 0.3) is 0 Å². The number of rotatable bonds is 8. The number of aromatic nitrogens is 2. The highest BCUT2D eigenvalue weighted by atomic mass is 19.4. The van der Waals surface area contributed by atoms with Crippen molar-refractivity contribution in [3.63, 3.8) is 0 Å². The summed E-state index contributed by atoms with van der Waals surface area (Å²) in [5.41, 5.74) is 0.148. The predicted molar refractivity (Wildman–Crippen MR) is 115 cm³/mol. The second kappa shape index (κ2) is 9.57. The van der Waals surface area contributed by atoms with Crippen molar-refractivity contribution in [1.29, 1.82) is 0 Å². The Kier molecular flexibility index (Phi) is 7.22. The lowest BCUT2D eigenvalue weighted by atomic mass is 9.81. The second-order valence-corrected chi connectivity index (χ2v) is 9.32. The van der Waals surface area contributed by atoms with E-state index in [9.17, 15) is 18.0 Å². The normalized spacial score (nSPS) is 19.8. The number of likely N-dealkylation sites (N-methyl/N-ethyl adjacent to an activating group) is 1. The van der Waals surface area contributed by atoms with Gasteiger partial charge in [-0.25, -0.2) is 4.98 Å². The fourth-order valence-corrected chi connectivity index (χ4v) is 4.16. The largest absolute Gasteiger partial charge is 0.476 e. The summed E-state index contributed by atoms with van der Waals surface area (Å²) in [4.78, 5) is 22.9. The molecule has 3 heterocycles. The number of aryl methyl sites for hydroxylation is 1. The molecule has 2 aromatic heterocycles. The highest BCUT2D eigenvalue weighted by Crippen LogP contribution is 2.36. The van der Waals surface area contributed by atoms with Gasteiger partial charge in [0, 0.05) is 43.4 Å². The number of alkyl halides is 3. The van der Waals surface area contributed by atoms with E-state index in [2.05, 4.69) is 14.9 Å². The Morgan fingerprint density at radius 1 is 1.19 bits per heavy atom. The van der Waals surface area contributed by atoms with Gasteiger partial charge < -0.3 is 9.64 Å². The van der Waals surface area contributed by atoms with Crippen LogP contribution in [-0.4, -0.2) is 47.4 Å². The summed E-state index contributed by atoms with van der Waals surface area (Å²) >= 11 is 0. The summed E-state index contributed by atoms with van der Waals surface area (Å²) in [6.07, 6.45) is -0.405. The van der Waals surface area contributed by atoms with Crippen LogP contribution in [0.4, 0.5) is 13.2 Å². The van der Waals surface area contributed by atoms with Crippen molar-refractivity contribution >= 4 is 5.78 Å². The Morgan fingerprint density at radius 3 is 2.56 bits per heavy atom. The minimum absolute atomic E-state index is 0.0538. The zero-order valence-corrected chi connectivity index (χ0v) is 18.9. The van der Waals surface area contributed by atoms with Crippen molar-refractivity contribution in [3.05, 3.63) is 53.5 Å². The lowest BCUT2D eigenvalue weighted by molar-refractivity contribution is -0.141. The number of ketones is 1. The van der Waals surface area contributed by atoms with Gasteiger partial charge in [0.2, 0.25) is 5.88 Å². The van der Waals surface area contributed by atoms with Gasteiger partial charge in [0.25, 0.3) is 0 Å². The van der Waals surface area contributed by atoms with Crippen LogP contribution in [0, 0.1) is 18.3 Å². The number of carbonyl (C=O) groups is 1. The van der Waals surface area contributed by atoms with Crippen molar-refractivity contribution in [2.45, 2.75) is 45.7 Å². The molecule has 0 aromatic carbocycles. The first-order valence-corrected chi connectivity index (χ1v) is 10.8. The molecule has 2 atom stereocenters. The van der Waals surface area contributed by atoms with Gasteiger partial charge in [0.1, 0.15) is 18.1 Å². The molecule has 1 aliphatic rings. The molecule has 3 rings (SSSR count). The number of pyridine rings is 2. The van der Waals surface area contributed by atoms with E-state index in [4.69, 9.17) is 4.74 Å². The van der Waals surface area contributed by atoms with E-state index in [1.54, 1.807) is 6.20 Å². The average Bonchev–Trinajstić information content (AvgIpc) is 3.11. The van der Waals surface area contributed by atoms with Gasteiger partial charge in [-0.1, -0.05) is 12.1 Å². The van der Waals surface area contributed by atoms with Gasteiger partial charge in [-0.15, -0.1) is 0 Å². The maximum absolute atomic E-state index is 13.0. The molecule has 0 saturated carbocycles. The summed E-state index contributed by atoms with van der Waals surface area (Å²) in [6, 6.07) is 6.29. The number of likely N-dealkylation sites (tertiary alicyclic amines) is 1. The molecule has 0 spiro atoms. The molecule has 0 radical (unpaired) electrons. The number of ether oxygens (including phenoxy) is 1. The third-order valence-electron chi connectivity index (χ3n) is 6.16. The first-order chi connectivity index (χ1) is 15.0. The van der Waals surface area contributed by atoms with Crippen LogP contribution in [0.15, 0.2) is 36.7 Å². The highest BCUT2D eigenvalue weighted by molar-refractivity contribution is 5.84. The van der Waals surface area contributed by atoms with Crippen molar-refractivity contribution in [2.75, 3.05) is 26.7 Å². The van der Waals surface area contributed by atoms with Crippen LogP contribution in [0.2, 0.25) is 0 Å². The molecule has 0 aliphatic carbocycles. The molecule has 0 bridgehead atoms. The van der Waals surface area contributed by atoms with E-state index in [0.29, 0.717) is 18.7 Å².